The third kappa shape index (κ3) is 3.45. The molecule has 0 radical (unpaired) electrons. The van der Waals surface area contributed by atoms with E-state index in [9.17, 15) is 9.59 Å². The second-order valence-corrected chi connectivity index (χ2v) is 7.00. The van der Waals surface area contributed by atoms with Crippen molar-refractivity contribution in [3.63, 3.8) is 0 Å². The van der Waals surface area contributed by atoms with Crippen molar-refractivity contribution in [3.05, 3.63) is 65.4 Å². The van der Waals surface area contributed by atoms with Crippen LogP contribution in [0.25, 0.3) is 11.0 Å². The number of furan rings is 1. The van der Waals surface area contributed by atoms with Crippen molar-refractivity contribution in [1.29, 1.82) is 0 Å². The van der Waals surface area contributed by atoms with E-state index >= 15 is 0 Å². The molecular formula is C22H22N2O4. The van der Waals surface area contributed by atoms with Gasteiger partial charge in [-0.3, -0.25) is 9.59 Å². The maximum atomic E-state index is 12.8. The average Bonchev–Trinajstić information content (AvgIpc) is 3.15. The fourth-order valence-corrected chi connectivity index (χ4v) is 3.51. The molecule has 1 fully saturated rings. The minimum atomic E-state index is -0.245. The molecule has 1 aliphatic heterocycles. The first-order chi connectivity index (χ1) is 13.5. The van der Waals surface area contributed by atoms with Gasteiger partial charge in [0.15, 0.2) is 5.76 Å². The Bertz CT molecular complexity index is 1040. The predicted octanol–water partition coefficient (Wildman–Crippen LogP) is 3.23. The average molecular weight is 378 g/mol. The van der Waals surface area contributed by atoms with Gasteiger partial charge >= 0.3 is 0 Å². The van der Waals surface area contributed by atoms with Crippen LogP contribution in [0.1, 0.15) is 21.7 Å². The number of piperazine rings is 1. The van der Waals surface area contributed by atoms with E-state index in [2.05, 4.69) is 0 Å². The lowest BCUT2D eigenvalue weighted by atomic mass is 10.1. The first-order valence-corrected chi connectivity index (χ1v) is 9.24. The fourth-order valence-electron chi connectivity index (χ4n) is 3.51. The molecule has 1 aliphatic rings. The molecule has 2 aromatic carbocycles. The van der Waals surface area contributed by atoms with Crippen molar-refractivity contribution in [2.24, 2.45) is 0 Å². The molecule has 0 atom stereocenters. The lowest BCUT2D eigenvalue weighted by molar-refractivity contribution is -0.135. The maximum absolute atomic E-state index is 12.8. The zero-order valence-corrected chi connectivity index (χ0v) is 16.0. The molecule has 1 saturated heterocycles. The second kappa shape index (κ2) is 7.38. The van der Waals surface area contributed by atoms with E-state index in [1.807, 2.05) is 49.4 Å². The van der Waals surface area contributed by atoms with Crippen molar-refractivity contribution in [1.82, 2.24) is 9.80 Å². The molecule has 0 aliphatic carbocycles. The zero-order chi connectivity index (χ0) is 19.7. The van der Waals surface area contributed by atoms with Crippen LogP contribution in [0, 0.1) is 6.92 Å². The molecule has 0 saturated carbocycles. The summed E-state index contributed by atoms with van der Waals surface area (Å²) in [5.74, 6) is 0.719. The van der Waals surface area contributed by atoms with Crippen LogP contribution >= 0.6 is 0 Å². The van der Waals surface area contributed by atoms with E-state index in [1.54, 1.807) is 23.0 Å². The van der Waals surface area contributed by atoms with Gasteiger partial charge in [0, 0.05) is 25.0 Å². The van der Waals surface area contributed by atoms with Crippen molar-refractivity contribution >= 4 is 22.8 Å². The first kappa shape index (κ1) is 18.1. The summed E-state index contributed by atoms with van der Waals surface area (Å²) in [6.45, 7) is 3.47. The molecule has 2 heterocycles. The van der Waals surface area contributed by atoms with Gasteiger partial charge in [0.05, 0.1) is 7.11 Å². The monoisotopic (exact) mass is 378 g/mol. The number of aryl methyl sites for hydroxylation is 1. The number of amides is 2. The highest BCUT2D eigenvalue weighted by Gasteiger charge is 2.29. The van der Waals surface area contributed by atoms with Gasteiger partial charge in [-0.25, -0.2) is 0 Å². The summed E-state index contributed by atoms with van der Waals surface area (Å²) in [6.07, 6.45) is 0. The number of fused-ring (bicyclic) bond motifs is 1. The number of carbonyl (C=O) groups is 2. The molecule has 3 aromatic rings. The normalized spacial score (nSPS) is 14.6. The maximum Gasteiger partial charge on any atom is 0.290 e. The first-order valence-electron chi connectivity index (χ1n) is 9.24. The molecule has 0 N–H and O–H groups in total. The Labute approximate surface area is 163 Å². The Morgan fingerprint density at radius 3 is 2.71 bits per heavy atom. The standard InChI is InChI=1S/C22H22N2O4/c1-15-5-3-7-17-12-19(28-21(15)17)22(26)24-10-9-23(20(25)14-24)13-16-6-4-8-18(11-16)27-2/h3-8,11-12H,9-10,13-14H2,1-2H3. The SMILES string of the molecule is COc1cccc(CN2CCN(C(=O)c3cc4cccc(C)c4o3)CC2=O)c1. The van der Waals surface area contributed by atoms with Gasteiger partial charge in [0.2, 0.25) is 5.91 Å². The Hall–Kier alpha value is -3.28. The van der Waals surface area contributed by atoms with E-state index in [4.69, 9.17) is 9.15 Å². The summed E-state index contributed by atoms with van der Waals surface area (Å²) in [5, 5.41) is 0.895. The van der Waals surface area contributed by atoms with Crippen molar-refractivity contribution in [2.45, 2.75) is 13.5 Å². The highest BCUT2D eigenvalue weighted by Crippen LogP contribution is 2.24. The lowest BCUT2D eigenvalue weighted by Gasteiger charge is -2.34. The predicted molar refractivity (Wildman–Crippen MR) is 105 cm³/mol. The van der Waals surface area contributed by atoms with Crippen LogP contribution in [-0.4, -0.2) is 48.4 Å². The molecule has 4 rings (SSSR count). The third-order valence-electron chi connectivity index (χ3n) is 5.07. The highest BCUT2D eigenvalue weighted by atomic mass is 16.5. The quantitative estimate of drug-likeness (QED) is 0.699. The number of methoxy groups -OCH3 is 1. The smallest absolute Gasteiger partial charge is 0.290 e. The Balaban J connectivity index is 1.45. The van der Waals surface area contributed by atoms with Crippen LogP contribution in [-0.2, 0) is 11.3 Å². The van der Waals surface area contributed by atoms with E-state index in [1.165, 1.54) is 0 Å². The van der Waals surface area contributed by atoms with Gasteiger partial charge in [-0.1, -0.05) is 30.3 Å². The molecular weight excluding hydrogens is 356 g/mol. The molecule has 2 amide bonds. The van der Waals surface area contributed by atoms with Crippen LogP contribution in [0.2, 0.25) is 0 Å². The summed E-state index contributed by atoms with van der Waals surface area (Å²) < 4.78 is 11.0. The number of para-hydroxylation sites is 1. The van der Waals surface area contributed by atoms with Crippen molar-refractivity contribution in [2.75, 3.05) is 26.7 Å². The van der Waals surface area contributed by atoms with E-state index in [0.29, 0.717) is 25.2 Å². The largest absolute Gasteiger partial charge is 0.497 e. The van der Waals surface area contributed by atoms with Crippen LogP contribution < -0.4 is 4.74 Å². The Kier molecular flexibility index (Phi) is 4.77. The van der Waals surface area contributed by atoms with E-state index in [0.717, 1.165) is 22.3 Å². The van der Waals surface area contributed by atoms with Gasteiger partial charge in [-0.15, -0.1) is 0 Å². The van der Waals surface area contributed by atoms with Crippen LogP contribution in [0.15, 0.2) is 52.9 Å². The second-order valence-electron chi connectivity index (χ2n) is 7.00. The zero-order valence-electron chi connectivity index (χ0n) is 16.0. The minimum Gasteiger partial charge on any atom is -0.497 e. The molecule has 28 heavy (non-hydrogen) atoms. The molecule has 6 nitrogen and oxygen atoms in total. The van der Waals surface area contributed by atoms with Gasteiger partial charge in [0.25, 0.3) is 5.91 Å². The number of ether oxygens (including phenoxy) is 1. The highest BCUT2D eigenvalue weighted by molar-refractivity contribution is 5.98. The molecule has 0 bridgehead atoms. The topological polar surface area (TPSA) is 63.0 Å². The fraction of sp³-hybridized carbons (Fsp3) is 0.273. The van der Waals surface area contributed by atoms with Crippen LogP contribution in [0.5, 0.6) is 5.75 Å². The molecule has 1 aromatic heterocycles. The summed E-state index contributed by atoms with van der Waals surface area (Å²) >= 11 is 0. The summed E-state index contributed by atoms with van der Waals surface area (Å²) in [4.78, 5) is 28.7. The van der Waals surface area contributed by atoms with Gasteiger partial charge in [-0.05, 0) is 36.2 Å². The summed E-state index contributed by atoms with van der Waals surface area (Å²) in [5.41, 5.74) is 2.70. The number of hydrogen-bond donors (Lipinski definition) is 0. The van der Waals surface area contributed by atoms with Crippen molar-refractivity contribution < 1.29 is 18.7 Å². The Morgan fingerprint density at radius 1 is 1.14 bits per heavy atom. The van der Waals surface area contributed by atoms with Crippen LogP contribution in [0.4, 0.5) is 0 Å². The molecule has 144 valence electrons. The number of hydrogen-bond acceptors (Lipinski definition) is 4. The lowest BCUT2D eigenvalue weighted by Crippen LogP contribution is -2.51. The number of nitrogens with zero attached hydrogens (tertiary/aromatic N) is 2. The molecule has 0 spiro atoms. The van der Waals surface area contributed by atoms with Gasteiger partial charge in [-0.2, -0.15) is 0 Å². The van der Waals surface area contributed by atoms with Gasteiger partial charge in [0.1, 0.15) is 17.9 Å². The minimum absolute atomic E-state index is 0.0544. The number of carbonyl (C=O) groups excluding carboxylic acids is 2. The summed E-state index contributed by atoms with van der Waals surface area (Å²) in [6, 6.07) is 15.2. The molecule has 0 unspecified atom stereocenters. The third-order valence-corrected chi connectivity index (χ3v) is 5.07. The van der Waals surface area contributed by atoms with Crippen LogP contribution in [0.3, 0.4) is 0 Å². The number of rotatable bonds is 4. The Morgan fingerprint density at radius 2 is 1.96 bits per heavy atom. The summed E-state index contributed by atoms with van der Waals surface area (Å²) in [7, 11) is 1.62. The van der Waals surface area contributed by atoms with E-state index in [-0.39, 0.29) is 24.1 Å². The van der Waals surface area contributed by atoms with Gasteiger partial charge < -0.3 is 19.0 Å². The van der Waals surface area contributed by atoms with E-state index < -0.39 is 0 Å². The van der Waals surface area contributed by atoms with Crippen molar-refractivity contribution in [3.8, 4) is 5.75 Å². The number of benzene rings is 2. The molecule has 6 heteroatoms.